The number of amides is 1. The van der Waals surface area contributed by atoms with Crippen LogP contribution in [0.1, 0.15) is 48.9 Å². The van der Waals surface area contributed by atoms with E-state index in [9.17, 15) is 18.0 Å². The zero-order chi connectivity index (χ0) is 22.7. The molecule has 2 heterocycles. The first-order chi connectivity index (χ1) is 15.4. The van der Waals surface area contributed by atoms with Gasteiger partial charge in [-0.25, -0.2) is 18.1 Å². The second-order valence-electron chi connectivity index (χ2n) is 7.88. The molecule has 1 aliphatic carbocycles. The number of carbonyl (C=O) groups excluding carboxylic acids is 1. The molecule has 0 aliphatic heterocycles. The Bertz CT molecular complexity index is 1310. The van der Waals surface area contributed by atoms with E-state index in [1.165, 1.54) is 17.0 Å². The minimum Gasteiger partial charge on any atom is -0.326 e. The Morgan fingerprint density at radius 3 is 2.94 bits per heavy atom. The first-order valence-electron chi connectivity index (χ1n) is 10.8. The number of nitrogens with one attached hydrogen (secondary N) is 3. The monoisotopic (exact) mass is 474 g/mol. The number of aryl methyl sites for hydroxylation is 3. The first-order valence-corrected chi connectivity index (χ1v) is 13.1. The molecule has 0 unspecified atom stereocenters. The summed E-state index contributed by atoms with van der Waals surface area (Å²) < 4.78 is 27.3. The molecule has 0 saturated carbocycles. The summed E-state index contributed by atoms with van der Waals surface area (Å²) in [7, 11) is -3.62. The average Bonchev–Trinajstić information content (AvgIpc) is 3.33. The molecule has 0 bridgehead atoms. The summed E-state index contributed by atoms with van der Waals surface area (Å²) in [5.74, 6) is 0.198. The molecular formula is C22H26N4O4S2. The molecule has 0 fully saturated rings. The van der Waals surface area contributed by atoms with Crippen molar-refractivity contribution < 1.29 is 13.2 Å². The van der Waals surface area contributed by atoms with Crippen molar-refractivity contribution in [2.45, 2.75) is 56.8 Å². The molecule has 1 amide bonds. The molecule has 10 heteroatoms. The Morgan fingerprint density at radius 2 is 2.12 bits per heavy atom. The minimum absolute atomic E-state index is 0.105. The highest BCUT2D eigenvalue weighted by molar-refractivity contribution is 7.89. The van der Waals surface area contributed by atoms with E-state index in [4.69, 9.17) is 0 Å². The third-order valence-electron chi connectivity index (χ3n) is 5.46. The number of anilines is 1. The van der Waals surface area contributed by atoms with Gasteiger partial charge in [0.05, 0.1) is 10.3 Å². The number of fused-ring (bicyclic) bond motifs is 3. The summed E-state index contributed by atoms with van der Waals surface area (Å²) in [4.78, 5) is 34.4. The fraction of sp³-hybridized carbons (Fsp3) is 0.409. The number of hydrogen-bond donors (Lipinski definition) is 3. The maximum absolute atomic E-state index is 12.5. The summed E-state index contributed by atoms with van der Waals surface area (Å²) in [5, 5.41) is 3.42. The van der Waals surface area contributed by atoms with E-state index in [1.54, 1.807) is 23.5 Å². The van der Waals surface area contributed by atoms with Gasteiger partial charge in [0.25, 0.3) is 5.56 Å². The number of rotatable bonds is 9. The number of H-pyrrole nitrogens is 1. The van der Waals surface area contributed by atoms with Gasteiger partial charge >= 0.3 is 0 Å². The number of carbonyl (C=O) groups is 1. The van der Waals surface area contributed by atoms with Gasteiger partial charge in [0.2, 0.25) is 15.9 Å². The summed E-state index contributed by atoms with van der Waals surface area (Å²) >= 11 is 1.57. The van der Waals surface area contributed by atoms with E-state index in [2.05, 4.69) is 20.0 Å². The van der Waals surface area contributed by atoms with Crippen LogP contribution in [0.5, 0.6) is 0 Å². The number of unbranched alkanes of at least 4 members (excludes halogenated alkanes) is 1. The lowest BCUT2D eigenvalue weighted by molar-refractivity contribution is -0.116. The molecule has 0 saturated heterocycles. The molecule has 0 atom stereocenters. The van der Waals surface area contributed by atoms with Crippen LogP contribution in [0.15, 0.2) is 34.0 Å². The lowest BCUT2D eigenvalue weighted by Gasteiger charge is -2.09. The number of thiophene rings is 1. The third kappa shape index (κ3) is 4.92. The highest BCUT2D eigenvalue weighted by atomic mass is 32.2. The number of benzene rings is 1. The predicted octanol–water partition coefficient (Wildman–Crippen LogP) is 3.12. The van der Waals surface area contributed by atoms with Gasteiger partial charge < -0.3 is 10.3 Å². The van der Waals surface area contributed by atoms with Crippen LogP contribution in [0, 0.1) is 0 Å². The lowest BCUT2D eigenvalue weighted by Crippen LogP contribution is -2.24. The largest absolute Gasteiger partial charge is 0.326 e. The highest BCUT2D eigenvalue weighted by Crippen LogP contribution is 2.34. The van der Waals surface area contributed by atoms with Gasteiger partial charge in [-0.05, 0) is 49.4 Å². The molecule has 8 nitrogen and oxygen atoms in total. The van der Waals surface area contributed by atoms with Crippen molar-refractivity contribution in [3.8, 4) is 0 Å². The Labute approximate surface area is 190 Å². The molecule has 1 aliphatic rings. The van der Waals surface area contributed by atoms with Crippen LogP contribution in [-0.4, -0.2) is 30.8 Å². The van der Waals surface area contributed by atoms with E-state index in [0.717, 1.165) is 42.5 Å². The SMILES string of the molecule is CCCCNS(=O)(=O)c1cccc(NC(=O)CCc2nc3sc4c(c3c(=O)[nH]2)CCC4)c1. The fourth-order valence-corrected chi connectivity index (χ4v) is 6.23. The van der Waals surface area contributed by atoms with E-state index in [-0.39, 0.29) is 29.2 Å². The molecule has 4 rings (SSSR count). The van der Waals surface area contributed by atoms with Crippen molar-refractivity contribution in [3.05, 3.63) is 50.9 Å². The summed E-state index contributed by atoms with van der Waals surface area (Å²) in [6, 6.07) is 6.16. The van der Waals surface area contributed by atoms with Crippen LogP contribution < -0.4 is 15.6 Å². The summed E-state index contributed by atoms with van der Waals surface area (Å²) in [6.45, 7) is 2.36. The van der Waals surface area contributed by atoms with Crippen molar-refractivity contribution in [2.24, 2.45) is 0 Å². The van der Waals surface area contributed by atoms with Gasteiger partial charge in [0, 0.05) is 30.0 Å². The van der Waals surface area contributed by atoms with Gasteiger partial charge in [0.15, 0.2) is 0 Å². The average molecular weight is 475 g/mol. The van der Waals surface area contributed by atoms with Crippen molar-refractivity contribution in [3.63, 3.8) is 0 Å². The zero-order valence-corrected chi connectivity index (χ0v) is 19.5. The van der Waals surface area contributed by atoms with E-state index < -0.39 is 10.0 Å². The van der Waals surface area contributed by atoms with Gasteiger partial charge in [-0.2, -0.15) is 0 Å². The maximum Gasteiger partial charge on any atom is 0.259 e. The molecule has 170 valence electrons. The Morgan fingerprint density at radius 1 is 1.28 bits per heavy atom. The van der Waals surface area contributed by atoms with Crippen LogP contribution in [0.4, 0.5) is 5.69 Å². The predicted molar refractivity (Wildman–Crippen MR) is 126 cm³/mol. The molecule has 32 heavy (non-hydrogen) atoms. The number of aromatic amines is 1. The topological polar surface area (TPSA) is 121 Å². The molecule has 3 aromatic rings. The maximum atomic E-state index is 12.5. The molecule has 0 radical (unpaired) electrons. The Hall–Kier alpha value is -2.56. The Kier molecular flexibility index (Phi) is 6.73. The van der Waals surface area contributed by atoms with Gasteiger partial charge in [0.1, 0.15) is 10.7 Å². The van der Waals surface area contributed by atoms with Crippen LogP contribution in [-0.2, 0) is 34.1 Å². The molecule has 1 aromatic carbocycles. The zero-order valence-electron chi connectivity index (χ0n) is 17.9. The van der Waals surface area contributed by atoms with Crippen LogP contribution in [0.2, 0.25) is 0 Å². The second kappa shape index (κ2) is 9.51. The number of sulfonamides is 1. The van der Waals surface area contributed by atoms with Crippen molar-refractivity contribution in [1.29, 1.82) is 0 Å². The number of aromatic nitrogens is 2. The van der Waals surface area contributed by atoms with Crippen molar-refractivity contribution >= 4 is 43.2 Å². The van der Waals surface area contributed by atoms with Gasteiger partial charge in [-0.1, -0.05) is 19.4 Å². The normalized spacial score (nSPS) is 13.4. The summed E-state index contributed by atoms with van der Waals surface area (Å²) in [5.41, 5.74) is 1.39. The molecule has 3 N–H and O–H groups in total. The summed E-state index contributed by atoms with van der Waals surface area (Å²) in [6.07, 6.45) is 5.05. The van der Waals surface area contributed by atoms with Crippen LogP contribution >= 0.6 is 11.3 Å². The number of hydrogen-bond acceptors (Lipinski definition) is 6. The lowest BCUT2D eigenvalue weighted by atomic mass is 10.2. The van der Waals surface area contributed by atoms with E-state index >= 15 is 0 Å². The Balaban J connectivity index is 1.40. The van der Waals surface area contributed by atoms with E-state index in [0.29, 0.717) is 23.4 Å². The second-order valence-corrected chi connectivity index (χ2v) is 10.7. The third-order valence-corrected chi connectivity index (χ3v) is 8.11. The number of nitrogens with zero attached hydrogens (tertiary/aromatic N) is 1. The van der Waals surface area contributed by atoms with Crippen LogP contribution in [0.25, 0.3) is 10.2 Å². The quantitative estimate of drug-likeness (QED) is 0.412. The van der Waals surface area contributed by atoms with Crippen LogP contribution in [0.3, 0.4) is 0 Å². The standard InChI is InChI=1S/C22H26N4O4S2/c1-2-3-12-23-32(29,30)15-7-4-6-14(13-15)24-19(27)11-10-18-25-21(28)20-16-8-5-9-17(16)31-22(20)26-18/h4,6-7,13,23H,2-3,5,8-12H2,1H3,(H,24,27)(H,25,26,28). The molecule has 2 aromatic heterocycles. The van der Waals surface area contributed by atoms with Gasteiger partial charge in [-0.3, -0.25) is 9.59 Å². The highest BCUT2D eigenvalue weighted by Gasteiger charge is 2.21. The van der Waals surface area contributed by atoms with Crippen molar-refractivity contribution in [1.82, 2.24) is 14.7 Å². The molecular weight excluding hydrogens is 448 g/mol. The van der Waals surface area contributed by atoms with Crippen molar-refractivity contribution in [2.75, 3.05) is 11.9 Å². The smallest absolute Gasteiger partial charge is 0.259 e. The van der Waals surface area contributed by atoms with Gasteiger partial charge in [-0.15, -0.1) is 11.3 Å². The first kappa shape index (κ1) is 22.6. The van der Waals surface area contributed by atoms with E-state index in [1.807, 2.05) is 6.92 Å². The minimum atomic E-state index is -3.62. The fourth-order valence-electron chi connectivity index (χ4n) is 3.83. The molecule has 0 spiro atoms.